The molecule has 0 rings (SSSR count). The standard InChI is InChI=1S/C6H9NO3/c1-4(8)6(7)5(9)3-10-2/h7H,3H2,1-2H3. The van der Waals surface area contributed by atoms with E-state index in [1.165, 1.54) is 14.0 Å². The second-order valence-electron chi connectivity index (χ2n) is 1.79. The SMILES string of the molecule is COCC(=O)C(=N)C(C)=O. The van der Waals surface area contributed by atoms with Crippen LogP contribution >= 0.6 is 0 Å². The van der Waals surface area contributed by atoms with Crippen molar-refractivity contribution in [1.29, 1.82) is 5.41 Å². The van der Waals surface area contributed by atoms with Gasteiger partial charge in [0.1, 0.15) is 12.3 Å². The Morgan fingerprint density at radius 3 is 2.30 bits per heavy atom. The molecule has 4 heteroatoms. The van der Waals surface area contributed by atoms with Crippen molar-refractivity contribution in [3.05, 3.63) is 0 Å². The van der Waals surface area contributed by atoms with Crippen molar-refractivity contribution in [2.75, 3.05) is 13.7 Å². The smallest absolute Gasteiger partial charge is 0.209 e. The maximum Gasteiger partial charge on any atom is 0.209 e. The maximum absolute atomic E-state index is 10.6. The molecular weight excluding hydrogens is 134 g/mol. The molecule has 0 aromatic carbocycles. The Hall–Kier alpha value is -1.03. The Morgan fingerprint density at radius 1 is 1.50 bits per heavy atom. The highest BCUT2D eigenvalue weighted by Gasteiger charge is 2.12. The first kappa shape index (κ1) is 8.97. The molecule has 0 fully saturated rings. The summed E-state index contributed by atoms with van der Waals surface area (Å²) in [4.78, 5) is 21.0. The molecule has 0 aliphatic heterocycles. The summed E-state index contributed by atoms with van der Waals surface area (Å²) in [7, 11) is 1.34. The third-order valence-electron chi connectivity index (χ3n) is 0.906. The fourth-order valence-electron chi connectivity index (χ4n) is 0.400. The van der Waals surface area contributed by atoms with Crippen LogP contribution < -0.4 is 0 Å². The number of methoxy groups -OCH3 is 1. The maximum atomic E-state index is 10.6. The van der Waals surface area contributed by atoms with Gasteiger partial charge in [-0.2, -0.15) is 0 Å². The van der Waals surface area contributed by atoms with Gasteiger partial charge < -0.3 is 4.74 Å². The predicted molar refractivity (Wildman–Crippen MR) is 35.3 cm³/mol. The van der Waals surface area contributed by atoms with E-state index in [9.17, 15) is 9.59 Å². The summed E-state index contributed by atoms with van der Waals surface area (Å²) < 4.78 is 4.43. The largest absolute Gasteiger partial charge is 0.376 e. The first-order valence-electron chi connectivity index (χ1n) is 2.71. The lowest BCUT2D eigenvalue weighted by molar-refractivity contribution is -0.118. The zero-order chi connectivity index (χ0) is 8.15. The van der Waals surface area contributed by atoms with Crippen LogP contribution in [0.4, 0.5) is 0 Å². The molecule has 0 aliphatic rings. The summed E-state index contributed by atoms with van der Waals surface area (Å²) in [6.07, 6.45) is 0. The van der Waals surface area contributed by atoms with E-state index in [1.807, 2.05) is 0 Å². The summed E-state index contributed by atoms with van der Waals surface area (Å²) in [5.41, 5.74) is -0.498. The summed E-state index contributed by atoms with van der Waals surface area (Å²) in [6, 6.07) is 0. The molecule has 0 aromatic rings. The number of hydrogen-bond acceptors (Lipinski definition) is 4. The summed E-state index contributed by atoms with van der Waals surface area (Å²) in [5, 5.41) is 6.87. The molecule has 0 saturated carbocycles. The number of nitrogens with one attached hydrogen (secondary N) is 1. The van der Waals surface area contributed by atoms with E-state index in [2.05, 4.69) is 4.74 Å². The number of rotatable bonds is 4. The van der Waals surface area contributed by atoms with Gasteiger partial charge in [0, 0.05) is 14.0 Å². The second kappa shape index (κ2) is 3.90. The second-order valence-corrected chi connectivity index (χ2v) is 1.79. The molecule has 10 heavy (non-hydrogen) atoms. The van der Waals surface area contributed by atoms with Crippen LogP contribution in [0.3, 0.4) is 0 Å². The number of ketones is 2. The molecule has 0 aliphatic carbocycles. The van der Waals surface area contributed by atoms with Gasteiger partial charge in [0.15, 0.2) is 5.78 Å². The quantitative estimate of drug-likeness (QED) is 0.438. The topological polar surface area (TPSA) is 67.2 Å². The average molecular weight is 143 g/mol. The lowest BCUT2D eigenvalue weighted by Crippen LogP contribution is -2.24. The minimum Gasteiger partial charge on any atom is -0.376 e. The molecule has 0 radical (unpaired) electrons. The van der Waals surface area contributed by atoms with Crippen LogP contribution in [0.1, 0.15) is 6.92 Å². The third-order valence-corrected chi connectivity index (χ3v) is 0.906. The predicted octanol–water partition coefficient (Wildman–Crippen LogP) is -0.189. The number of Topliss-reactive ketones (excluding diaryl/α,β-unsaturated/α-hetero) is 2. The number of carbonyl (C=O) groups excluding carboxylic acids is 2. The fraction of sp³-hybridized carbons (Fsp3) is 0.500. The van der Waals surface area contributed by atoms with E-state index >= 15 is 0 Å². The third kappa shape index (κ3) is 2.50. The van der Waals surface area contributed by atoms with Gasteiger partial charge in [0.25, 0.3) is 0 Å². The van der Waals surface area contributed by atoms with Gasteiger partial charge >= 0.3 is 0 Å². The normalized spacial score (nSPS) is 9.00. The van der Waals surface area contributed by atoms with Gasteiger partial charge in [-0.05, 0) is 0 Å². The molecule has 0 saturated heterocycles. The lowest BCUT2D eigenvalue weighted by Gasteiger charge is -1.95. The van der Waals surface area contributed by atoms with Crippen molar-refractivity contribution in [2.24, 2.45) is 0 Å². The molecule has 0 aromatic heterocycles. The Bertz CT molecular complexity index is 174. The van der Waals surface area contributed by atoms with E-state index in [0.29, 0.717) is 0 Å². The fourth-order valence-corrected chi connectivity index (χ4v) is 0.400. The van der Waals surface area contributed by atoms with E-state index < -0.39 is 17.3 Å². The Kier molecular flexibility index (Phi) is 3.49. The highest BCUT2D eigenvalue weighted by molar-refractivity contribution is 6.64. The lowest BCUT2D eigenvalue weighted by atomic mass is 10.2. The van der Waals surface area contributed by atoms with Crippen LogP contribution in [0, 0.1) is 5.41 Å². The zero-order valence-electron chi connectivity index (χ0n) is 5.93. The van der Waals surface area contributed by atoms with Crippen LogP contribution in [-0.4, -0.2) is 31.0 Å². The Balaban J connectivity index is 3.96. The molecule has 0 amide bonds. The van der Waals surface area contributed by atoms with Crippen molar-refractivity contribution in [1.82, 2.24) is 0 Å². The van der Waals surface area contributed by atoms with E-state index in [-0.39, 0.29) is 6.61 Å². The van der Waals surface area contributed by atoms with Crippen LogP contribution in [0.5, 0.6) is 0 Å². The number of ether oxygens (including phenoxy) is 1. The van der Waals surface area contributed by atoms with Crippen molar-refractivity contribution < 1.29 is 14.3 Å². The molecule has 0 bridgehead atoms. The van der Waals surface area contributed by atoms with E-state index in [1.54, 1.807) is 0 Å². The minimum absolute atomic E-state index is 0.196. The molecule has 0 atom stereocenters. The summed E-state index contributed by atoms with van der Waals surface area (Å²) in [6.45, 7) is 0.980. The Labute approximate surface area is 58.7 Å². The molecule has 1 N–H and O–H groups in total. The zero-order valence-corrected chi connectivity index (χ0v) is 5.93. The van der Waals surface area contributed by atoms with Crippen LogP contribution in [-0.2, 0) is 14.3 Å². The van der Waals surface area contributed by atoms with Crippen molar-refractivity contribution >= 4 is 17.3 Å². The first-order chi connectivity index (χ1) is 4.59. The molecule has 0 unspecified atom stereocenters. The van der Waals surface area contributed by atoms with E-state index in [0.717, 1.165) is 0 Å². The first-order valence-corrected chi connectivity index (χ1v) is 2.71. The summed E-state index contributed by atoms with van der Waals surface area (Å²) in [5.74, 6) is -1.10. The van der Waals surface area contributed by atoms with Crippen molar-refractivity contribution in [3.63, 3.8) is 0 Å². The molecule has 56 valence electrons. The highest BCUT2D eigenvalue weighted by Crippen LogP contribution is 1.80. The van der Waals surface area contributed by atoms with Crippen molar-refractivity contribution in [2.45, 2.75) is 6.92 Å². The van der Waals surface area contributed by atoms with Gasteiger partial charge in [-0.15, -0.1) is 0 Å². The van der Waals surface area contributed by atoms with Crippen LogP contribution in [0.2, 0.25) is 0 Å². The van der Waals surface area contributed by atoms with Crippen LogP contribution in [0.15, 0.2) is 0 Å². The molecule has 4 nitrogen and oxygen atoms in total. The number of hydrogen-bond donors (Lipinski definition) is 1. The van der Waals surface area contributed by atoms with Gasteiger partial charge in [0.05, 0.1) is 0 Å². The monoisotopic (exact) mass is 143 g/mol. The van der Waals surface area contributed by atoms with Crippen molar-refractivity contribution in [3.8, 4) is 0 Å². The minimum atomic E-state index is -0.574. The van der Waals surface area contributed by atoms with Gasteiger partial charge in [-0.3, -0.25) is 15.0 Å². The number of carbonyl (C=O) groups is 2. The van der Waals surface area contributed by atoms with E-state index in [4.69, 9.17) is 5.41 Å². The van der Waals surface area contributed by atoms with Crippen LogP contribution in [0.25, 0.3) is 0 Å². The van der Waals surface area contributed by atoms with Gasteiger partial charge in [0.2, 0.25) is 5.78 Å². The molecule has 0 spiro atoms. The average Bonchev–Trinajstić information content (AvgIpc) is 1.87. The summed E-state index contributed by atoms with van der Waals surface area (Å²) >= 11 is 0. The Morgan fingerprint density at radius 2 is 2.00 bits per heavy atom. The molecule has 0 heterocycles. The highest BCUT2D eigenvalue weighted by atomic mass is 16.5. The molecular formula is C6H9NO3. The van der Waals surface area contributed by atoms with Gasteiger partial charge in [-0.1, -0.05) is 0 Å². The van der Waals surface area contributed by atoms with Gasteiger partial charge in [-0.25, -0.2) is 0 Å².